The number of hydrogen-bond acceptors (Lipinski definition) is 1. The van der Waals surface area contributed by atoms with Gasteiger partial charge in [0, 0.05) is 6.42 Å². The van der Waals surface area contributed by atoms with Crippen LogP contribution in [0.1, 0.15) is 11.4 Å². The average molecular weight is 603 g/mol. The number of imidazole rings is 1. The zero-order valence-electron chi connectivity index (χ0n) is 25.7. The van der Waals surface area contributed by atoms with E-state index in [0.717, 1.165) is 28.3 Å². The Morgan fingerprint density at radius 1 is 0.468 bits per heavy atom. The predicted molar refractivity (Wildman–Crippen MR) is 197 cm³/mol. The first-order valence-electron chi connectivity index (χ1n) is 16.0. The Kier molecular flexibility index (Phi) is 6.36. The van der Waals surface area contributed by atoms with Gasteiger partial charge in [-0.2, -0.15) is 0 Å². The molecule has 0 unspecified atom stereocenters. The fourth-order valence-corrected chi connectivity index (χ4v) is 7.30. The smallest absolute Gasteiger partial charge is 0.264 e. The molecule has 47 heavy (non-hydrogen) atoms. The first-order chi connectivity index (χ1) is 23.3. The highest BCUT2D eigenvalue weighted by Gasteiger charge is 2.21. The van der Waals surface area contributed by atoms with Gasteiger partial charge in [0.15, 0.2) is 0 Å². The van der Waals surface area contributed by atoms with E-state index in [0.29, 0.717) is 6.42 Å². The number of allylic oxidation sites excluding steroid dienone is 3. The Hall–Kier alpha value is -6.19. The molecule has 0 spiro atoms. The lowest BCUT2D eigenvalue weighted by Crippen LogP contribution is -2.23. The zero-order chi connectivity index (χ0) is 31.3. The SMILES string of the molecule is O=c1n(-c2ccccc2)c2c(n1-c1ccc(-c3c4ccccc4c(-c4ccc5ccccc5c4)c4ccccc34)cc1)CC=CC=C2. The van der Waals surface area contributed by atoms with Gasteiger partial charge >= 0.3 is 5.69 Å². The highest BCUT2D eigenvalue weighted by molar-refractivity contribution is 6.21. The standard InChI is InChI=1S/C44H30N2O/c47-44-45(34-15-3-1-4-16-34)40-21-5-2-6-22-41(40)46(44)35-27-25-31(26-28-35)42-36-17-9-11-19-38(36)43(39-20-12-10-18-37(39)42)33-24-23-30-13-7-8-14-32(30)29-33/h1-21,23-29H,22H2. The van der Waals surface area contributed by atoms with Gasteiger partial charge in [-0.05, 0) is 91.0 Å². The van der Waals surface area contributed by atoms with Crippen molar-refractivity contribution in [3.8, 4) is 33.6 Å². The second-order valence-electron chi connectivity index (χ2n) is 12.1. The number of nitrogens with zero attached hydrogens (tertiary/aromatic N) is 2. The molecule has 3 heteroatoms. The van der Waals surface area contributed by atoms with Crippen molar-refractivity contribution in [3.63, 3.8) is 0 Å². The molecule has 8 aromatic rings. The predicted octanol–water partition coefficient (Wildman–Crippen LogP) is 10.5. The van der Waals surface area contributed by atoms with Crippen molar-refractivity contribution in [2.75, 3.05) is 0 Å². The van der Waals surface area contributed by atoms with Crippen LogP contribution in [0.25, 0.3) is 72.0 Å². The third kappa shape index (κ3) is 4.39. The molecule has 0 bridgehead atoms. The minimum Gasteiger partial charge on any atom is -0.264 e. The van der Waals surface area contributed by atoms with Crippen LogP contribution in [0.3, 0.4) is 0 Å². The van der Waals surface area contributed by atoms with Gasteiger partial charge in [-0.15, -0.1) is 0 Å². The van der Waals surface area contributed by atoms with Crippen LogP contribution >= 0.6 is 0 Å². The van der Waals surface area contributed by atoms with Gasteiger partial charge in [0.1, 0.15) is 0 Å². The van der Waals surface area contributed by atoms with Gasteiger partial charge < -0.3 is 0 Å². The molecule has 1 aliphatic rings. The van der Waals surface area contributed by atoms with Crippen molar-refractivity contribution in [2.45, 2.75) is 6.42 Å². The van der Waals surface area contributed by atoms with E-state index in [1.54, 1.807) is 0 Å². The first kappa shape index (κ1) is 27.1. The van der Waals surface area contributed by atoms with Crippen molar-refractivity contribution < 1.29 is 0 Å². The lowest BCUT2D eigenvalue weighted by Gasteiger charge is -2.18. The van der Waals surface area contributed by atoms with E-state index in [9.17, 15) is 4.79 Å². The molecule has 1 aliphatic carbocycles. The molecule has 1 aromatic heterocycles. The zero-order valence-corrected chi connectivity index (χ0v) is 25.7. The maximum absolute atomic E-state index is 14.1. The van der Waals surface area contributed by atoms with E-state index < -0.39 is 0 Å². The Labute approximate surface area is 272 Å². The molecular formula is C44H30N2O. The van der Waals surface area contributed by atoms with E-state index in [-0.39, 0.29) is 5.69 Å². The minimum atomic E-state index is -0.0652. The number of benzene rings is 7. The lowest BCUT2D eigenvalue weighted by molar-refractivity contribution is 0.884. The van der Waals surface area contributed by atoms with Crippen LogP contribution in [0.15, 0.2) is 169 Å². The molecule has 3 nitrogen and oxygen atoms in total. The van der Waals surface area contributed by atoms with Gasteiger partial charge in [0.25, 0.3) is 0 Å². The molecule has 0 saturated carbocycles. The van der Waals surface area contributed by atoms with Crippen molar-refractivity contribution in [3.05, 3.63) is 186 Å². The third-order valence-electron chi connectivity index (χ3n) is 9.40. The average Bonchev–Trinajstić information content (AvgIpc) is 3.23. The molecule has 0 fully saturated rings. The maximum Gasteiger partial charge on any atom is 0.338 e. The highest BCUT2D eigenvalue weighted by Crippen LogP contribution is 2.44. The van der Waals surface area contributed by atoms with Crippen molar-refractivity contribution in [1.29, 1.82) is 0 Å². The molecule has 0 atom stereocenters. The number of hydrogen-bond donors (Lipinski definition) is 0. The summed E-state index contributed by atoms with van der Waals surface area (Å²) < 4.78 is 3.68. The summed E-state index contributed by atoms with van der Waals surface area (Å²) in [7, 11) is 0. The first-order valence-corrected chi connectivity index (χ1v) is 16.0. The van der Waals surface area contributed by atoms with Gasteiger partial charge in [-0.3, -0.25) is 9.13 Å². The van der Waals surface area contributed by atoms with Crippen LogP contribution in [-0.2, 0) is 6.42 Å². The van der Waals surface area contributed by atoms with E-state index in [1.807, 2.05) is 57.7 Å². The van der Waals surface area contributed by atoms with Crippen LogP contribution in [0, 0.1) is 0 Å². The van der Waals surface area contributed by atoms with Crippen molar-refractivity contribution >= 4 is 38.4 Å². The fourth-order valence-electron chi connectivity index (χ4n) is 7.30. The number of para-hydroxylation sites is 1. The number of fused-ring (bicyclic) bond motifs is 4. The van der Waals surface area contributed by atoms with Gasteiger partial charge in [0.2, 0.25) is 0 Å². The maximum atomic E-state index is 14.1. The summed E-state index contributed by atoms with van der Waals surface area (Å²) >= 11 is 0. The summed E-state index contributed by atoms with van der Waals surface area (Å²) in [5.41, 5.74) is 8.33. The second kappa shape index (κ2) is 11.0. The minimum absolute atomic E-state index is 0.0652. The Morgan fingerprint density at radius 2 is 1.02 bits per heavy atom. The number of aromatic nitrogens is 2. The molecular weight excluding hydrogens is 572 g/mol. The molecule has 0 N–H and O–H groups in total. The summed E-state index contributed by atoms with van der Waals surface area (Å²) in [6, 6.07) is 51.2. The van der Waals surface area contributed by atoms with Crippen LogP contribution in [-0.4, -0.2) is 9.13 Å². The molecule has 0 aliphatic heterocycles. The molecule has 9 rings (SSSR count). The molecule has 0 amide bonds. The molecule has 7 aromatic carbocycles. The quantitative estimate of drug-likeness (QED) is 0.184. The van der Waals surface area contributed by atoms with Crippen molar-refractivity contribution in [1.82, 2.24) is 9.13 Å². The van der Waals surface area contributed by atoms with E-state index >= 15 is 0 Å². The summed E-state index contributed by atoms with van der Waals surface area (Å²) in [6.07, 6.45) is 8.87. The monoisotopic (exact) mass is 602 g/mol. The summed E-state index contributed by atoms with van der Waals surface area (Å²) in [5.74, 6) is 0. The third-order valence-corrected chi connectivity index (χ3v) is 9.40. The van der Waals surface area contributed by atoms with Crippen molar-refractivity contribution in [2.24, 2.45) is 0 Å². The Balaban J connectivity index is 1.24. The van der Waals surface area contributed by atoms with Gasteiger partial charge in [-0.1, -0.05) is 133 Å². The summed E-state index contributed by atoms with van der Waals surface area (Å²) in [5, 5.41) is 7.33. The molecule has 0 saturated heterocycles. The van der Waals surface area contributed by atoms with Crippen LogP contribution < -0.4 is 5.69 Å². The van der Waals surface area contributed by atoms with E-state index in [1.165, 1.54) is 49.0 Å². The molecule has 0 radical (unpaired) electrons. The lowest BCUT2D eigenvalue weighted by atomic mass is 9.85. The summed E-state index contributed by atoms with van der Waals surface area (Å²) in [6.45, 7) is 0. The van der Waals surface area contributed by atoms with Crippen LogP contribution in [0.4, 0.5) is 0 Å². The van der Waals surface area contributed by atoms with E-state index in [2.05, 4.69) is 121 Å². The molecule has 222 valence electrons. The van der Waals surface area contributed by atoms with Gasteiger partial charge in [0.05, 0.1) is 22.8 Å². The molecule has 1 heterocycles. The van der Waals surface area contributed by atoms with Crippen LogP contribution in [0.5, 0.6) is 0 Å². The Bertz CT molecular complexity index is 2540. The van der Waals surface area contributed by atoms with Crippen LogP contribution in [0.2, 0.25) is 0 Å². The topological polar surface area (TPSA) is 26.9 Å². The normalized spacial score (nSPS) is 12.5. The van der Waals surface area contributed by atoms with E-state index in [4.69, 9.17) is 0 Å². The van der Waals surface area contributed by atoms with Gasteiger partial charge in [-0.25, -0.2) is 4.79 Å². The second-order valence-corrected chi connectivity index (χ2v) is 12.1. The number of rotatable bonds is 4. The summed E-state index contributed by atoms with van der Waals surface area (Å²) in [4.78, 5) is 14.1. The largest absolute Gasteiger partial charge is 0.338 e. The highest BCUT2D eigenvalue weighted by atomic mass is 16.1. The Morgan fingerprint density at radius 3 is 1.70 bits per heavy atom. The fraction of sp³-hybridized carbons (Fsp3) is 0.0227.